The van der Waals surface area contributed by atoms with Crippen LogP contribution < -0.4 is 15.0 Å². The van der Waals surface area contributed by atoms with Crippen LogP contribution in [0.15, 0.2) is 48.7 Å². The molecule has 0 bridgehead atoms. The summed E-state index contributed by atoms with van der Waals surface area (Å²) >= 11 is 0. The van der Waals surface area contributed by atoms with Gasteiger partial charge >= 0.3 is 0 Å². The van der Waals surface area contributed by atoms with Crippen molar-refractivity contribution in [2.24, 2.45) is 0 Å². The van der Waals surface area contributed by atoms with Crippen LogP contribution in [0.2, 0.25) is 0 Å². The zero-order chi connectivity index (χ0) is 15.9. The Morgan fingerprint density at radius 2 is 1.96 bits per heavy atom. The number of ether oxygens (including phenoxy) is 1. The van der Waals surface area contributed by atoms with Crippen molar-refractivity contribution in [1.29, 1.82) is 0 Å². The molecule has 3 rings (SSSR count). The van der Waals surface area contributed by atoms with Crippen molar-refractivity contribution in [1.82, 2.24) is 10.3 Å². The number of rotatable bonds is 6. The van der Waals surface area contributed by atoms with Crippen molar-refractivity contribution in [3.8, 4) is 5.75 Å². The van der Waals surface area contributed by atoms with Crippen LogP contribution in [0.25, 0.3) is 0 Å². The van der Waals surface area contributed by atoms with E-state index in [0.29, 0.717) is 12.6 Å². The van der Waals surface area contributed by atoms with Gasteiger partial charge in [-0.25, -0.2) is 4.98 Å². The van der Waals surface area contributed by atoms with E-state index in [1.54, 1.807) is 0 Å². The molecule has 0 aliphatic carbocycles. The minimum absolute atomic E-state index is 0.579. The molecule has 1 fully saturated rings. The summed E-state index contributed by atoms with van der Waals surface area (Å²) in [6.07, 6.45) is 4.21. The van der Waals surface area contributed by atoms with E-state index in [-0.39, 0.29) is 0 Å². The van der Waals surface area contributed by atoms with Gasteiger partial charge in [0.1, 0.15) is 18.2 Å². The van der Waals surface area contributed by atoms with Gasteiger partial charge in [0, 0.05) is 31.9 Å². The quantitative estimate of drug-likeness (QED) is 0.832. The lowest BCUT2D eigenvalue weighted by molar-refractivity contribution is 0.296. The third-order valence-electron chi connectivity index (χ3n) is 4.27. The average Bonchev–Trinajstić information content (AvgIpc) is 2.60. The van der Waals surface area contributed by atoms with Crippen molar-refractivity contribution in [2.45, 2.75) is 25.8 Å². The number of hydrogen-bond donors (Lipinski definition) is 1. The van der Waals surface area contributed by atoms with Gasteiger partial charge in [-0.3, -0.25) is 0 Å². The fourth-order valence-corrected chi connectivity index (χ4v) is 2.95. The molecule has 1 N–H and O–H groups in total. The molecule has 2 aromatic rings. The Morgan fingerprint density at radius 3 is 2.70 bits per heavy atom. The van der Waals surface area contributed by atoms with E-state index in [9.17, 15) is 0 Å². The Hall–Kier alpha value is -2.07. The minimum Gasteiger partial charge on any atom is -0.492 e. The molecular weight excluding hydrogens is 286 g/mol. The molecule has 1 aromatic heterocycles. The third kappa shape index (κ3) is 4.70. The SMILES string of the molecule is Cc1ccnc(N2CCC(NCCOc3ccccc3)CC2)c1. The molecule has 0 saturated carbocycles. The van der Waals surface area contributed by atoms with Crippen molar-refractivity contribution in [3.63, 3.8) is 0 Å². The van der Waals surface area contributed by atoms with Crippen molar-refractivity contribution < 1.29 is 4.74 Å². The minimum atomic E-state index is 0.579. The summed E-state index contributed by atoms with van der Waals surface area (Å²) in [5, 5.41) is 3.60. The fraction of sp³-hybridized carbons (Fsp3) is 0.421. The first-order valence-corrected chi connectivity index (χ1v) is 8.40. The molecule has 0 radical (unpaired) electrons. The number of pyridine rings is 1. The maximum atomic E-state index is 5.72. The van der Waals surface area contributed by atoms with Gasteiger partial charge in [-0.15, -0.1) is 0 Å². The van der Waals surface area contributed by atoms with Gasteiger partial charge in [0.2, 0.25) is 0 Å². The number of nitrogens with zero attached hydrogens (tertiary/aromatic N) is 2. The van der Waals surface area contributed by atoms with Crippen LogP contribution in [0.4, 0.5) is 5.82 Å². The maximum Gasteiger partial charge on any atom is 0.128 e. The monoisotopic (exact) mass is 311 g/mol. The highest BCUT2D eigenvalue weighted by molar-refractivity contribution is 5.41. The zero-order valence-corrected chi connectivity index (χ0v) is 13.7. The van der Waals surface area contributed by atoms with E-state index in [2.05, 4.69) is 28.2 Å². The van der Waals surface area contributed by atoms with Crippen LogP contribution in [0.5, 0.6) is 5.75 Å². The van der Waals surface area contributed by atoms with E-state index in [4.69, 9.17) is 4.74 Å². The van der Waals surface area contributed by atoms with Crippen LogP contribution >= 0.6 is 0 Å². The van der Waals surface area contributed by atoms with Gasteiger partial charge < -0.3 is 15.0 Å². The number of hydrogen-bond acceptors (Lipinski definition) is 4. The largest absolute Gasteiger partial charge is 0.492 e. The predicted molar refractivity (Wildman–Crippen MR) is 94.1 cm³/mol. The number of piperidine rings is 1. The first kappa shape index (κ1) is 15.8. The van der Waals surface area contributed by atoms with Gasteiger partial charge in [0.15, 0.2) is 0 Å². The van der Waals surface area contributed by atoms with Crippen LogP contribution in [-0.2, 0) is 0 Å². The summed E-state index contributed by atoms with van der Waals surface area (Å²) in [7, 11) is 0. The lowest BCUT2D eigenvalue weighted by Crippen LogP contribution is -2.43. The molecule has 122 valence electrons. The maximum absolute atomic E-state index is 5.72. The molecule has 1 aliphatic heterocycles. The van der Waals surface area contributed by atoms with E-state index in [1.807, 2.05) is 42.6 Å². The second-order valence-corrected chi connectivity index (χ2v) is 6.07. The molecule has 0 amide bonds. The highest BCUT2D eigenvalue weighted by Gasteiger charge is 2.19. The number of benzene rings is 1. The number of nitrogens with one attached hydrogen (secondary N) is 1. The first-order chi connectivity index (χ1) is 11.3. The summed E-state index contributed by atoms with van der Waals surface area (Å²) in [4.78, 5) is 6.86. The standard InChI is InChI=1S/C19H25N3O/c1-16-7-10-21-19(15-16)22-12-8-17(9-13-22)20-11-14-23-18-5-3-2-4-6-18/h2-7,10,15,17,20H,8-9,11-14H2,1H3. The smallest absolute Gasteiger partial charge is 0.128 e. The van der Waals surface area contributed by atoms with Crippen LogP contribution in [0, 0.1) is 6.92 Å². The van der Waals surface area contributed by atoms with Crippen LogP contribution in [-0.4, -0.2) is 37.3 Å². The van der Waals surface area contributed by atoms with E-state index >= 15 is 0 Å². The van der Waals surface area contributed by atoms with Gasteiger partial charge in [-0.05, 0) is 49.6 Å². The molecule has 0 atom stereocenters. The Kier molecular flexibility index (Phi) is 5.48. The highest BCUT2D eigenvalue weighted by Crippen LogP contribution is 2.18. The number of para-hydroxylation sites is 1. The molecule has 1 aromatic carbocycles. The summed E-state index contributed by atoms with van der Waals surface area (Å²) in [5.74, 6) is 2.05. The predicted octanol–water partition coefficient (Wildman–Crippen LogP) is 3.03. The summed E-state index contributed by atoms with van der Waals surface area (Å²) in [6.45, 7) is 5.85. The summed E-state index contributed by atoms with van der Waals surface area (Å²) in [5.41, 5.74) is 1.27. The number of anilines is 1. The van der Waals surface area contributed by atoms with Gasteiger partial charge in [0.05, 0.1) is 0 Å². The summed E-state index contributed by atoms with van der Waals surface area (Å²) < 4.78 is 5.72. The molecule has 4 nitrogen and oxygen atoms in total. The lowest BCUT2D eigenvalue weighted by Gasteiger charge is -2.33. The second kappa shape index (κ2) is 7.97. The molecule has 1 aliphatic rings. The molecular formula is C19H25N3O. The van der Waals surface area contributed by atoms with Crippen molar-refractivity contribution in [2.75, 3.05) is 31.1 Å². The Labute approximate surface area is 138 Å². The van der Waals surface area contributed by atoms with Crippen LogP contribution in [0.3, 0.4) is 0 Å². The van der Waals surface area contributed by atoms with Crippen molar-refractivity contribution >= 4 is 5.82 Å². The van der Waals surface area contributed by atoms with E-state index in [0.717, 1.165) is 44.0 Å². The molecule has 2 heterocycles. The Bertz CT molecular complexity index is 595. The highest BCUT2D eigenvalue weighted by atomic mass is 16.5. The van der Waals surface area contributed by atoms with Crippen LogP contribution in [0.1, 0.15) is 18.4 Å². The second-order valence-electron chi connectivity index (χ2n) is 6.07. The molecule has 1 saturated heterocycles. The van der Waals surface area contributed by atoms with Gasteiger partial charge in [-0.2, -0.15) is 0 Å². The van der Waals surface area contributed by atoms with Gasteiger partial charge in [-0.1, -0.05) is 18.2 Å². The number of aryl methyl sites for hydroxylation is 1. The molecule has 0 unspecified atom stereocenters. The zero-order valence-electron chi connectivity index (χ0n) is 13.7. The molecule has 4 heteroatoms. The third-order valence-corrected chi connectivity index (χ3v) is 4.27. The fourth-order valence-electron chi connectivity index (χ4n) is 2.95. The van der Waals surface area contributed by atoms with Crippen molar-refractivity contribution in [3.05, 3.63) is 54.2 Å². The first-order valence-electron chi connectivity index (χ1n) is 8.40. The number of aromatic nitrogens is 1. The Balaban J connectivity index is 1.36. The van der Waals surface area contributed by atoms with E-state index < -0.39 is 0 Å². The topological polar surface area (TPSA) is 37.4 Å². The molecule has 0 spiro atoms. The Morgan fingerprint density at radius 1 is 1.17 bits per heavy atom. The summed E-state index contributed by atoms with van der Waals surface area (Å²) in [6, 6.07) is 14.8. The normalized spacial score (nSPS) is 15.6. The van der Waals surface area contributed by atoms with Gasteiger partial charge in [0.25, 0.3) is 0 Å². The van der Waals surface area contributed by atoms with E-state index in [1.165, 1.54) is 5.56 Å². The average molecular weight is 311 g/mol. The molecule has 23 heavy (non-hydrogen) atoms. The lowest BCUT2D eigenvalue weighted by atomic mass is 10.0.